The van der Waals surface area contributed by atoms with Gasteiger partial charge in [0, 0.05) is 19.2 Å². The van der Waals surface area contributed by atoms with Gasteiger partial charge in [0.25, 0.3) is 5.91 Å². The van der Waals surface area contributed by atoms with Crippen LogP contribution < -0.4 is 20.2 Å². The number of para-hydroxylation sites is 1. The number of nitrogens with one attached hydrogen (secondary N) is 1. The van der Waals surface area contributed by atoms with Crippen LogP contribution in [-0.2, 0) is 4.79 Å². The van der Waals surface area contributed by atoms with Crippen LogP contribution in [0, 0.1) is 6.92 Å². The molecule has 1 aromatic heterocycles. The molecule has 0 saturated carbocycles. The molecule has 7 nitrogen and oxygen atoms in total. The topological polar surface area (TPSA) is 98.0 Å². The second kappa shape index (κ2) is 9.05. The summed E-state index contributed by atoms with van der Waals surface area (Å²) in [5.74, 6) is 1.14. The Kier molecular flexibility index (Phi) is 6.29. The van der Waals surface area contributed by atoms with Crippen LogP contribution in [-0.4, -0.2) is 30.8 Å². The van der Waals surface area contributed by atoms with Crippen LogP contribution in [0.4, 0.5) is 0 Å². The van der Waals surface area contributed by atoms with Gasteiger partial charge in [-0.3, -0.25) is 9.59 Å². The highest BCUT2D eigenvalue weighted by Crippen LogP contribution is 2.27. The zero-order valence-electron chi connectivity index (χ0n) is 15.4. The Hall–Kier alpha value is -3.32. The maximum atomic E-state index is 12.8. The van der Waals surface area contributed by atoms with E-state index >= 15 is 0 Å². The van der Waals surface area contributed by atoms with Gasteiger partial charge in [-0.05, 0) is 37.6 Å². The molecule has 1 heterocycles. The Morgan fingerprint density at radius 1 is 1.14 bits per heavy atom. The molecule has 1 amide bonds. The van der Waals surface area contributed by atoms with Gasteiger partial charge in [0.2, 0.25) is 11.2 Å². The molecule has 0 aliphatic rings. The summed E-state index contributed by atoms with van der Waals surface area (Å²) in [7, 11) is 0. The Labute approximate surface area is 161 Å². The number of fused-ring (bicyclic) bond motifs is 1. The fourth-order valence-corrected chi connectivity index (χ4v) is 2.59. The van der Waals surface area contributed by atoms with Crippen molar-refractivity contribution in [2.45, 2.75) is 13.3 Å². The van der Waals surface area contributed by atoms with Crippen LogP contribution >= 0.6 is 0 Å². The second-order valence-electron chi connectivity index (χ2n) is 6.11. The van der Waals surface area contributed by atoms with Crippen molar-refractivity contribution in [1.29, 1.82) is 0 Å². The van der Waals surface area contributed by atoms with Gasteiger partial charge in [-0.25, -0.2) is 0 Å². The summed E-state index contributed by atoms with van der Waals surface area (Å²) < 4.78 is 16.9. The first-order valence-electron chi connectivity index (χ1n) is 8.89. The number of hydrogen-bond donors (Lipinski definition) is 2. The van der Waals surface area contributed by atoms with Crippen molar-refractivity contribution in [2.75, 3.05) is 19.8 Å². The monoisotopic (exact) mass is 383 g/mol. The third-order valence-electron chi connectivity index (χ3n) is 3.98. The summed E-state index contributed by atoms with van der Waals surface area (Å²) in [6, 6.07) is 13.7. The van der Waals surface area contributed by atoms with E-state index in [9.17, 15) is 9.59 Å². The van der Waals surface area contributed by atoms with Gasteiger partial charge in [-0.2, -0.15) is 0 Å². The van der Waals surface area contributed by atoms with E-state index < -0.39 is 0 Å². The molecule has 0 fully saturated rings. The van der Waals surface area contributed by atoms with Gasteiger partial charge >= 0.3 is 0 Å². The highest BCUT2D eigenvalue weighted by atomic mass is 16.5. The Morgan fingerprint density at radius 2 is 1.93 bits per heavy atom. The predicted molar refractivity (Wildman–Crippen MR) is 104 cm³/mol. The first-order chi connectivity index (χ1) is 13.6. The molecule has 0 spiro atoms. The van der Waals surface area contributed by atoms with Crippen molar-refractivity contribution >= 4 is 16.9 Å². The van der Waals surface area contributed by atoms with Crippen LogP contribution in [0.3, 0.4) is 0 Å². The lowest BCUT2D eigenvalue weighted by molar-refractivity contribution is -0.123. The van der Waals surface area contributed by atoms with E-state index in [-0.39, 0.29) is 30.3 Å². The van der Waals surface area contributed by atoms with Crippen LogP contribution in [0.2, 0.25) is 0 Å². The zero-order chi connectivity index (χ0) is 19.9. The van der Waals surface area contributed by atoms with Crippen molar-refractivity contribution in [3.05, 3.63) is 64.5 Å². The van der Waals surface area contributed by atoms with E-state index in [0.717, 1.165) is 0 Å². The normalized spacial score (nSPS) is 10.6. The highest BCUT2D eigenvalue weighted by Gasteiger charge is 2.14. The zero-order valence-corrected chi connectivity index (χ0v) is 15.4. The van der Waals surface area contributed by atoms with Gasteiger partial charge in [-0.1, -0.05) is 18.2 Å². The SMILES string of the molecule is Cc1oc2cc(OCC(=O)NCCCO)ccc2c(=O)c1Oc1ccccc1. The van der Waals surface area contributed by atoms with Crippen molar-refractivity contribution < 1.29 is 23.8 Å². The molecule has 2 N–H and O–H groups in total. The molecule has 0 saturated heterocycles. The molecule has 2 aromatic carbocycles. The molecule has 0 aliphatic carbocycles. The summed E-state index contributed by atoms with van der Waals surface area (Å²) >= 11 is 0. The largest absolute Gasteiger partial charge is 0.484 e. The molecular formula is C21H21NO6. The number of ether oxygens (including phenoxy) is 2. The van der Waals surface area contributed by atoms with Gasteiger partial charge in [0.05, 0.1) is 5.39 Å². The number of carbonyl (C=O) groups is 1. The predicted octanol–water partition coefficient (Wildman–Crippen LogP) is 2.77. The fourth-order valence-electron chi connectivity index (χ4n) is 2.59. The first kappa shape index (κ1) is 19.4. The lowest BCUT2D eigenvalue weighted by Crippen LogP contribution is -2.30. The summed E-state index contributed by atoms with van der Waals surface area (Å²) in [5.41, 5.74) is 0.0667. The second-order valence-corrected chi connectivity index (χ2v) is 6.11. The molecule has 28 heavy (non-hydrogen) atoms. The average Bonchev–Trinajstić information content (AvgIpc) is 2.70. The summed E-state index contributed by atoms with van der Waals surface area (Å²) in [6.07, 6.45) is 0.486. The summed E-state index contributed by atoms with van der Waals surface area (Å²) in [5, 5.41) is 11.7. The number of aliphatic hydroxyl groups excluding tert-OH is 1. The van der Waals surface area contributed by atoms with Crippen molar-refractivity contribution in [3.8, 4) is 17.2 Å². The molecule has 0 bridgehead atoms. The maximum Gasteiger partial charge on any atom is 0.257 e. The molecule has 3 aromatic rings. The number of aliphatic hydroxyl groups is 1. The molecule has 0 atom stereocenters. The van der Waals surface area contributed by atoms with E-state index in [1.807, 2.05) is 18.2 Å². The van der Waals surface area contributed by atoms with Gasteiger partial charge in [-0.15, -0.1) is 0 Å². The van der Waals surface area contributed by atoms with Crippen LogP contribution in [0.25, 0.3) is 11.0 Å². The number of hydrogen-bond acceptors (Lipinski definition) is 6. The quantitative estimate of drug-likeness (QED) is 0.581. The molecular weight excluding hydrogens is 362 g/mol. The van der Waals surface area contributed by atoms with Crippen LogP contribution in [0.15, 0.2) is 57.7 Å². The van der Waals surface area contributed by atoms with E-state index in [0.29, 0.717) is 41.2 Å². The minimum atomic E-state index is -0.294. The Morgan fingerprint density at radius 3 is 2.68 bits per heavy atom. The number of carbonyl (C=O) groups excluding carboxylic acids is 1. The lowest BCUT2D eigenvalue weighted by Gasteiger charge is -2.10. The highest BCUT2D eigenvalue weighted by molar-refractivity contribution is 5.80. The Balaban J connectivity index is 1.77. The number of benzene rings is 2. The van der Waals surface area contributed by atoms with Crippen molar-refractivity contribution in [2.24, 2.45) is 0 Å². The minimum absolute atomic E-state index is 0.0141. The number of rotatable bonds is 8. The Bertz CT molecular complexity index is 1010. The van der Waals surface area contributed by atoms with E-state index in [1.165, 1.54) is 0 Å². The number of amides is 1. The molecule has 0 unspecified atom stereocenters. The van der Waals surface area contributed by atoms with Gasteiger partial charge in [0.1, 0.15) is 22.8 Å². The third-order valence-corrected chi connectivity index (χ3v) is 3.98. The molecule has 0 radical (unpaired) electrons. The standard InChI is InChI=1S/C21H21NO6/c1-14-21(28-15-6-3-2-4-7-15)20(25)17-9-8-16(12-18(17)27-14)26-13-19(24)22-10-5-11-23/h2-4,6-9,12,23H,5,10-11,13H2,1H3,(H,22,24). The fraction of sp³-hybridized carbons (Fsp3) is 0.238. The van der Waals surface area contributed by atoms with Crippen molar-refractivity contribution in [1.82, 2.24) is 5.32 Å². The average molecular weight is 383 g/mol. The molecule has 3 rings (SSSR count). The number of aryl methyl sites for hydroxylation is 1. The van der Waals surface area contributed by atoms with Crippen LogP contribution in [0.5, 0.6) is 17.2 Å². The lowest BCUT2D eigenvalue weighted by atomic mass is 10.2. The van der Waals surface area contributed by atoms with Gasteiger partial charge in [0.15, 0.2) is 6.61 Å². The molecule has 7 heteroatoms. The van der Waals surface area contributed by atoms with E-state index in [1.54, 1.807) is 37.3 Å². The minimum Gasteiger partial charge on any atom is -0.484 e. The van der Waals surface area contributed by atoms with Crippen molar-refractivity contribution in [3.63, 3.8) is 0 Å². The smallest absolute Gasteiger partial charge is 0.257 e. The molecule has 0 aliphatic heterocycles. The van der Waals surface area contributed by atoms with E-state index in [2.05, 4.69) is 5.32 Å². The summed E-state index contributed by atoms with van der Waals surface area (Å²) in [6.45, 7) is 1.88. The van der Waals surface area contributed by atoms with Crippen LogP contribution in [0.1, 0.15) is 12.2 Å². The van der Waals surface area contributed by atoms with E-state index in [4.69, 9.17) is 19.0 Å². The first-order valence-corrected chi connectivity index (χ1v) is 8.89. The summed E-state index contributed by atoms with van der Waals surface area (Å²) in [4.78, 5) is 24.4. The third kappa shape index (κ3) is 4.69. The van der Waals surface area contributed by atoms with Gasteiger partial charge < -0.3 is 24.3 Å². The maximum absolute atomic E-state index is 12.8. The molecule has 146 valence electrons.